The molecular formula is C18H17N3O. The van der Waals surface area contributed by atoms with Crippen molar-refractivity contribution in [2.24, 2.45) is 5.73 Å². The summed E-state index contributed by atoms with van der Waals surface area (Å²) in [6, 6.07) is 15.6. The summed E-state index contributed by atoms with van der Waals surface area (Å²) < 4.78 is 2.12. The first-order valence-corrected chi connectivity index (χ1v) is 7.21. The summed E-state index contributed by atoms with van der Waals surface area (Å²) >= 11 is 0. The Morgan fingerprint density at radius 2 is 1.77 bits per heavy atom. The fourth-order valence-electron chi connectivity index (χ4n) is 2.73. The maximum absolute atomic E-state index is 11.9. The Bertz CT molecular complexity index is 792. The van der Waals surface area contributed by atoms with Crippen LogP contribution in [-0.4, -0.2) is 15.5 Å². The highest BCUT2D eigenvalue weighted by atomic mass is 16.1. The molecule has 1 amide bonds. The smallest absolute Gasteiger partial charge is 0.250 e. The summed E-state index contributed by atoms with van der Waals surface area (Å²) in [5, 5.41) is 0. The van der Waals surface area contributed by atoms with E-state index < -0.39 is 5.91 Å². The van der Waals surface area contributed by atoms with Crippen molar-refractivity contribution in [2.75, 3.05) is 0 Å². The predicted octanol–water partition coefficient (Wildman–Crippen LogP) is 3.34. The molecule has 1 aromatic carbocycles. The predicted molar refractivity (Wildman–Crippen MR) is 87.3 cm³/mol. The summed E-state index contributed by atoms with van der Waals surface area (Å²) in [5.74, 6) is -0.415. The molecule has 0 aliphatic heterocycles. The van der Waals surface area contributed by atoms with Crippen molar-refractivity contribution in [3.05, 3.63) is 66.5 Å². The van der Waals surface area contributed by atoms with Crippen molar-refractivity contribution in [1.29, 1.82) is 0 Å². The van der Waals surface area contributed by atoms with Gasteiger partial charge in [-0.1, -0.05) is 30.3 Å². The highest BCUT2D eigenvalue weighted by Crippen LogP contribution is 2.32. The van der Waals surface area contributed by atoms with Crippen LogP contribution in [0.4, 0.5) is 0 Å². The van der Waals surface area contributed by atoms with Gasteiger partial charge >= 0.3 is 0 Å². The lowest BCUT2D eigenvalue weighted by molar-refractivity contribution is 0.100. The van der Waals surface area contributed by atoms with Crippen LogP contribution in [0.1, 0.15) is 17.3 Å². The molecule has 22 heavy (non-hydrogen) atoms. The lowest BCUT2D eigenvalue weighted by Crippen LogP contribution is -2.12. The molecular weight excluding hydrogens is 274 g/mol. The van der Waals surface area contributed by atoms with Crippen molar-refractivity contribution in [3.63, 3.8) is 0 Å². The first kappa shape index (κ1) is 14.1. The fourth-order valence-corrected chi connectivity index (χ4v) is 2.73. The van der Waals surface area contributed by atoms with E-state index >= 15 is 0 Å². The van der Waals surface area contributed by atoms with Crippen molar-refractivity contribution < 1.29 is 4.79 Å². The number of hydrogen-bond acceptors (Lipinski definition) is 2. The maximum atomic E-state index is 11.9. The normalized spacial score (nSPS) is 10.6. The molecule has 0 saturated carbocycles. The lowest BCUT2D eigenvalue weighted by atomic mass is 10.1. The van der Waals surface area contributed by atoms with E-state index in [2.05, 4.69) is 16.5 Å². The molecule has 0 spiro atoms. The van der Waals surface area contributed by atoms with Crippen LogP contribution in [0.3, 0.4) is 0 Å². The molecule has 2 aromatic heterocycles. The molecule has 0 unspecified atom stereocenters. The maximum Gasteiger partial charge on any atom is 0.250 e. The molecule has 110 valence electrons. The molecule has 0 aliphatic rings. The monoisotopic (exact) mass is 291 g/mol. The van der Waals surface area contributed by atoms with Gasteiger partial charge in [-0.3, -0.25) is 9.78 Å². The number of nitrogens with two attached hydrogens (primary N) is 1. The van der Waals surface area contributed by atoms with E-state index in [0.29, 0.717) is 5.56 Å². The number of pyridine rings is 1. The Kier molecular flexibility index (Phi) is 3.74. The summed E-state index contributed by atoms with van der Waals surface area (Å²) in [7, 11) is 0. The Morgan fingerprint density at radius 1 is 1.09 bits per heavy atom. The average Bonchev–Trinajstić information content (AvgIpc) is 2.96. The number of amides is 1. The zero-order valence-electron chi connectivity index (χ0n) is 12.4. The molecule has 4 heteroatoms. The van der Waals surface area contributed by atoms with Gasteiger partial charge in [-0.2, -0.15) is 0 Å². The van der Waals surface area contributed by atoms with E-state index in [4.69, 9.17) is 5.73 Å². The van der Waals surface area contributed by atoms with Crippen LogP contribution in [0.15, 0.2) is 60.9 Å². The minimum atomic E-state index is -0.415. The topological polar surface area (TPSA) is 60.9 Å². The molecule has 2 heterocycles. The van der Waals surface area contributed by atoms with Gasteiger partial charge in [0, 0.05) is 30.2 Å². The van der Waals surface area contributed by atoms with Gasteiger partial charge in [0.2, 0.25) is 0 Å². The van der Waals surface area contributed by atoms with E-state index in [0.717, 1.165) is 29.1 Å². The van der Waals surface area contributed by atoms with Gasteiger partial charge in [-0.05, 0) is 30.7 Å². The molecule has 3 rings (SSSR count). The standard InChI is InChI=1S/C18H17N3O/c1-2-21-16(13-8-10-20-11-9-13)12-15(18(19)22)17(21)14-6-4-3-5-7-14/h3-12H,2H2,1H3,(H2,19,22). The molecule has 0 saturated heterocycles. The summed E-state index contributed by atoms with van der Waals surface area (Å²) in [6.07, 6.45) is 3.49. The third-order valence-corrected chi connectivity index (χ3v) is 3.70. The average molecular weight is 291 g/mol. The van der Waals surface area contributed by atoms with Crippen molar-refractivity contribution >= 4 is 5.91 Å². The third-order valence-electron chi connectivity index (χ3n) is 3.70. The molecule has 3 aromatic rings. The second kappa shape index (κ2) is 5.85. The first-order valence-electron chi connectivity index (χ1n) is 7.21. The number of rotatable bonds is 4. The summed E-state index contributed by atoms with van der Waals surface area (Å²) in [5.41, 5.74) is 9.98. The van der Waals surface area contributed by atoms with Gasteiger partial charge < -0.3 is 10.3 Å². The van der Waals surface area contributed by atoms with Crippen molar-refractivity contribution in [2.45, 2.75) is 13.5 Å². The second-order valence-electron chi connectivity index (χ2n) is 5.00. The molecule has 0 atom stereocenters. The molecule has 4 nitrogen and oxygen atoms in total. The van der Waals surface area contributed by atoms with Gasteiger partial charge in [0.05, 0.1) is 11.3 Å². The Balaban J connectivity index is 2.29. The Morgan fingerprint density at radius 3 is 2.36 bits per heavy atom. The SMILES string of the molecule is CCn1c(-c2ccncc2)cc(C(N)=O)c1-c1ccccc1. The Labute approximate surface area is 129 Å². The molecule has 0 aliphatic carbocycles. The number of benzene rings is 1. The molecule has 0 bridgehead atoms. The Hall–Kier alpha value is -2.88. The minimum Gasteiger partial charge on any atom is -0.366 e. The van der Waals surface area contributed by atoms with Crippen LogP contribution in [0.25, 0.3) is 22.5 Å². The van der Waals surface area contributed by atoms with Crippen LogP contribution in [0.5, 0.6) is 0 Å². The number of aromatic nitrogens is 2. The van der Waals surface area contributed by atoms with Crippen LogP contribution >= 0.6 is 0 Å². The van der Waals surface area contributed by atoms with Crippen LogP contribution < -0.4 is 5.73 Å². The molecule has 0 radical (unpaired) electrons. The van der Waals surface area contributed by atoms with Gasteiger partial charge in [0.1, 0.15) is 0 Å². The zero-order chi connectivity index (χ0) is 15.5. The largest absolute Gasteiger partial charge is 0.366 e. The van der Waals surface area contributed by atoms with E-state index in [1.807, 2.05) is 48.5 Å². The quantitative estimate of drug-likeness (QED) is 0.801. The van der Waals surface area contributed by atoms with Crippen molar-refractivity contribution in [3.8, 4) is 22.5 Å². The first-order chi connectivity index (χ1) is 10.7. The number of nitrogens with zero attached hydrogens (tertiary/aromatic N) is 2. The van der Waals surface area contributed by atoms with Gasteiger partial charge in [0.25, 0.3) is 5.91 Å². The van der Waals surface area contributed by atoms with E-state index in [-0.39, 0.29) is 0 Å². The van der Waals surface area contributed by atoms with Crippen LogP contribution in [0.2, 0.25) is 0 Å². The molecule has 0 fully saturated rings. The van der Waals surface area contributed by atoms with Gasteiger partial charge in [-0.15, -0.1) is 0 Å². The number of carbonyl (C=O) groups is 1. The van der Waals surface area contributed by atoms with E-state index in [1.165, 1.54) is 0 Å². The highest BCUT2D eigenvalue weighted by molar-refractivity contribution is 6.01. The van der Waals surface area contributed by atoms with E-state index in [9.17, 15) is 4.79 Å². The second-order valence-corrected chi connectivity index (χ2v) is 5.00. The summed E-state index contributed by atoms with van der Waals surface area (Å²) in [6.45, 7) is 2.80. The molecule has 2 N–H and O–H groups in total. The van der Waals surface area contributed by atoms with Crippen molar-refractivity contribution in [1.82, 2.24) is 9.55 Å². The fraction of sp³-hybridized carbons (Fsp3) is 0.111. The zero-order valence-corrected chi connectivity index (χ0v) is 12.4. The van der Waals surface area contributed by atoms with Gasteiger partial charge in [-0.25, -0.2) is 0 Å². The number of hydrogen-bond donors (Lipinski definition) is 1. The third kappa shape index (κ3) is 2.39. The van der Waals surface area contributed by atoms with Crippen LogP contribution in [0, 0.1) is 0 Å². The highest BCUT2D eigenvalue weighted by Gasteiger charge is 2.19. The van der Waals surface area contributed by atoms with Crippen LogP contribution in [-0.2, 0) is 6.54 Å². The summed E-state index contributed by atoms with van der Waals surface area (Å²) in [4.78, 5) is 16.0. The number of carbonyl (C=O) groups excluding carboxylic acids is 1. The van der Waals surface area contributed by atoms with E-state index in [1.54, 1.807) is 12.4 Å². The minimum absolute atomic E-state index is 0.415. The lowest BCUT2D eigenvalue weighted by Gasteiger charge is -2.12. The number of primary amides is 1. The van der Waals surface area contributed by atoms with Gasteiger partial charge in [0.15, 0.2) is 0 Å².